The van der Waals surface area contributed by atoms with E-state index in [1.54, 1.807) is 13.8 Å². The van der Waals surface area contributed by atoms with Gasteiger partial charge in [0.15, 0.2) is 9.84 Å². The molecule has 0 aliphatic heterocycles. The van der Waals surface area contributed by atoms with Gasteiger partial charge in [0.05, 0.1) is 4.90 Å². The minimum Gasteiger partial charge on any atom is -0.480 e. The molecular formula is C13H17NO5S. The molecule has 0 radical (unpaired) electrons. The van der Waals surface area contributed by atoms with Crippen molar-refractivity contribution in [2.24, 2.45) is 0 Å². The van der Waals surface area contributed by atoms with Crippen molar-refractivity contribution in [3.63, 3.8) is 0 Å². The van der Waals surface area contributed by atoms with Crippen LogP contribution in [0.1, 0.15) is 29.3 Å². The Kier molecular flexibility index (Phi) is 4.88. The minimum absolute atomic E-state index is 0.0247. The Balaban J connectivity index is 3.13. The van der Waals surface area contributed by atoms with E-state index in [9.17, 15) is 18.0 Å². The zero-order valence-electron chi connectivity index (χ0n) is 11.5. The van der Waals surface area contributed by atoms with Crippen molar-refractivity contribution >= 4 is 21.7 Å². The van der Waals surface area contributed by atoms with Gasteiger partial charge in [-0.3, -0.25) is 4.79 Å². The van der Waals surface area contributed by atoms with Crippen molar-refractivity contribution in [3.8, 4) is 0 Å². The zero-order chi connectivity index (χ0) is 15.5. The summed E-state index contributed by atoms with van der Waals surface area (Å²) >= 11 is 0. The van der Waals surface area contributed by atoms with Crippen LogP contribution in [-0.4, -0.2) is 37.7 Å². The molecule has 0 aliphatic carbocycles. The molecule has 20 heavy (non-hydrogen) atoms. The number of carboxylic acid groups (broad SMARTS) is 1. The van der Waals surface area contributed by atoms with Gasteiger partial charge in [-0.15, -0.1) is 0 Å². The van der Waals surface area contributed by atoms with E-state index in [4.69, 9.17) is 5.11 Å². The highest BCUT2D eigenvalue weighted by atomic mass is 32.2. The fourth-order valence-electron chi connectivity index (χ4n) is 1.65. The van der Waals surface area contributed by atoms with E-state index >= 15 is 0 Å². The number of rotatable bonds is 5. The summed E-state index contributed by atoms with van der Waals surface area (Å²) in [5.41, 5.74) is 0.739. The average molecular weight is 299 g/mol. The Bertz CT molecular complexity index is 636. The van der Waals surface area contributed by atoms with Crippen LogP contribution in [0.4, 0.5) is 0 Å². The number of carboxylic acids is 1. The summed E-state index contributed by atoms with van der Waals surface area (Å²) in [5, 5.41) is 11.3. The summed E-state index contributed by atoms with van der Waals surface area (Å²) < 4.78 is 23.0. The van der Waals surface area contributed by atoms with Gasteiger partial charge in [-0.25, -0.2) is 13.2 Å². The van der Waals surface area contributed by atoms with E-state index in [1.807, 2.05) is 0 Å². The fourth-order valence-corrected chi connectivity index (χ4v) is 2.30. The molecule has 6 nitrogen and oxygen atoms in total. The highest BCUT2D eigenvalue weighted by Gasteiger charge is 2.20. The number of benzene rings is 1. The van der Waals surface area contributed by atoms with E-state index in [0.29, 0.717) is 5.56 Å². The molecule has 0 aliphatic rings. The van der Waals surface area contributed by atoms with Gasteiger partial charge in [-0.2, -0.15) is 0 Å². The van der Waals surface area contributed by atoms with Crippen LogP contribution in [0.25, 0.3) is 0 Å². The lowest BCUT2D eigenvalue weighted by Gasteiger charge is -2.14. The summed E-state index contributed by atoms with van der Waals surface area (Å²) in [6.45, 7) is 3.29. The smallest absolute Gasteiger partial charge is 0.326 e. The van der Waals surface area contributed by atoms with Crippen LogP contribution in [0.2, 0.25) is 0 Å². The SMILES string of the molecule is CC[C@@H](NC(=O)c1cc(S(C)(=O)=O)ccc1C)C(=O)O. The normalized spacial score (nSPS) is 12.8. The van der Waals surface area contributed by atoms with E-state index in [0.717, 1.165) is 6.26 Å². The molecule has 1 aromatic rings. The lowest BCUT2D eigenvalue weighted by atomic mass is 10.1. The Hall–Kier alpha value is -1.89. The third-order valence-corrected chi connectivity index (χ3v) is 4.00. The fraction of sp³-hybridized carbons (Fsp3) is 0.385. The van der Waals surface area contributed by atoms with Gasteiger partial charge in [0.2, 0.25) is 0 Å². The standard InChI is InChI=1S/C13H17NO5S/c1-4-11(13(16)17)14-12(15)10-7-9(20(3,18)19)6-5-8(10)2/h5-7,11H,4H2,1-3H3,(H,14,15)(H,16,17)/t11-/m1/s1. The highest BCUT2D eigenvalue weighted by Crippen LogP contribution is 2.16. The molecule has 0 spiro atoms. The molecule has 110 valence electrons. The molecule has 0 unspecified atom stereocenters. The van der Waals surface area contributed by atoms with Crippen LogP contribution >= 0.6 is 0 Å². The number of nitrogens with one attached hydrogen (secondary N) is 1. The van der Waals surface area contributed by atoms with E-state index < -0.39 is 27.8 Å². The Morgan fingerprint density at radius 1 is 1.35 bits per heavy atom. The van der Waals surface area contributed by atoms with Gasteiger partial charge in [0.1, 0.15) is 6.04 Å². The average Bonchev–Trinajstić information content (AvgIpc) is 2.34. The summed E-state index contributed by atoms with van der Waals surface area (Å²) in [5.74, 6) is -1.72. The first-order chi connectivity index (χ1) is 9.16. The van der Waals surface area contributed by atoms with Crippen LogP contribution < -0.4 is 5.32 Å². The van der Waals surface area contributed by atoms with Crippen LogP contribution in [0, 0.1) is 6.92 Å². The molecule has 0 saturated heterocycles. The summed E-state index contributed by atoms with van der Waals surface area (Å²) in [6.07, 6.45) is 1.29. The summed E-state index contributed by atoms with van der Waals surface area (Å²) in [7, 11) is -3.42. The number of hydrogen-bond donors (Lipinski definition) is 2. The number of aryl methyl sites for hydroxylation is 1. The van der Waals surface area contributed by atoms with Crippen molar-refractivity contribution in [2.45, 2.75) is 31.2 Å². The van der Waals surface area contributed by atoms with Crippen molar-refractivity contribution in [1.29, 1.82) is 0 Å². The van der Waals surface area contributed by atoms with Gasteiger partial charge in [0, 0.05) is 11.8 Å². The molecule has 7 heteroatoms. The van der Waals surface area contributed by atoms with Crippen LogP contribution in [-0.2, 0) is 14.6 Å². The van der Waals surface area contributed by atoms with E-state index in [-0.39, 0.29) is 16.9 Å². The van der Waals surface area contributed by atoms with Gasteiger partial charge in [-0.05, 0) is 31.0 Å². The first-order valence-electron chi connectivity index (χ1n) is 6.01. The molecule has 1 aromatic carbocycles. The molecule has 0 aromatic heterocycles. The molecule has 1 rings (SSSR count). The Morgan fingerprint density at radius 3 is 2.40 bits per heavy atom. The number of sulfone groups is 1. The predicted octanol–water partition coefficient (Wildman–Crippen LogP) is 0.992. The van der Waals surface area contributed by atoms with Gasteiger partial charge in [0.25, 0.3) is 5.91 Å². The lowest BCUT2D eigenvalue weighted by molar-refractivity contribution is -0.139. The first-order valence-corrected chi connectivity index (χ1v) is 7.90. The molecule has 1 amide bonds. The van der Waals surface area contributed by atoms with Crippen molar-refractivity contribution < 1.29 is 23.1 Å². The third-order valence-electron chi connectivity index (χ3n) is 2.89. The van der Waals surface area contributed by atoms with Crippen molar-refractivity contribution in [1.82, 2.24) is 5.32 Å². The second-order valence-electron chi connectivity index (χ2n) is 4.52. The lowest BCUT2D eigenvalue weighted by Crippen LogP contribution is -2.40. The number of hydrogen-bond acceptors (Lipinski definition) is 4. The van der Waals surface area contributed by atoms with Crippen molar-refractivity contribution in [3.05, 3.63) is 29.3 Å². The van der Waals surface area contributed by atoms with Gasteiger partial charge >= 0.3 is 5.97 Å². The molecule has 2 N–H and O–H groups in total. The van der Waals surface area contributed by atoms with E-state index in [2.05, 4.69) is 5.32 Å². The Labute approximate surface area is 117 Å². The monoisotopic (exact) mass is 299 g/mol. The second kappa shape index (κ2) is 6.04. The predicted molar refractivity (Wildman–Crippen MR) is 73.5 cm³/mol. The van der Waals surface area contributed by atoms with Crippen LogP contribution in [0.15, 0.2) is 23.1 Å². The molecule has 0 heterocycles. The Morgan fingerprint density at radius 2 is 1.95 bits per heavy atom. The number of carbonyl (C=O) groups is 2. The second-order valence-corrected chi connectivity index (χ2v) is 6.54. The number of aliphatic carboxylic acids is 1. The molecular weight excluding hydrogens is 282 g/mol. The van der Waals surface area contributed by atoms with Gasteiger partial charge in [-0.1, -0.05) is 13.0 Å². The zero-order valence-corrected chi connectivity index (χ0v) is 12.3. The van der Waals surface area contributed by atoms with Crippen LogP contribution in [0.5, 0.6) is 0 Å². The molecule has 0 saturated carbocycles. The number of amides is 1. The highest BCUT2D eigenvalue weighted by molar-refractivity contribution is 7.90. The first kappa shape index (κ1) is 16.2. The largest absolute Gasteiger partial charge is 0.480 e. The maximum absolute atomic E-state index is 12.0. The van der Waals surface area contributed by atoms with Crippen molar-refractivity contribution in [2.75, 3.05) is 6.26 Å². The molecule has 0 bridgehead atoms. The summed E-state index contributed by atoms with van der Waals surface area (Å²) in [6, 6.07) is 3.20. The number of carbonyl (C=O) groups excluding carboxylic acids is 1. The minimum atomic E-state index is -3.42. The van der Waals surface area contributed by atoms with Gasteiger partial charge < -0.3 is 10.4 Å². The van der Waals surface area contributed by atoms with Crippen LogP contribution in [0.3, 0.4) is 0 Å². The maximum Gasteiger partial charge on any atom is 0.326 e. The summed E-state index contributed by atoms with van der Waals surface area (Å²) in [4.78, 5) is 23.0. The maximum atomic E-state index is 12.0. The molecule has 0 fully saturated rings. The molecule has 1 atom stereocenters. The van der Waals surface area contributed by atoms with E-state index in [1.165, 1.54) is 18.2 Å². The quantitative estimate of drug-likeness (QED) is 0.844. The topological polar surface area (TPSA) is 101 Å². The third kappa shape index (κ3) is 3.80.